The SMILES string of the molecule is CCc1ccc2nc(-c3ccc(I)c(O)c3)[nH]c2c1. The third-order valence-corrected chi connectivity index (χ3v) is 4.09. The van der Waals surface area contributed by atoms with Crippen LogP contribution in [0.25, 0.3) is 22.4 Å². The molecule has 0 saturated heterocycles. The van der Waals surface area contributed by atoms with Crippen LogP contribution in [0.1, 0.15) is 12.5 Å². The molecule has 1 aromatic heterocycles. The third-order valence-electron chi connectivity index (χ3n) is 3.17. The fourth-order valence-corrected chi connectivity index (χ4v) is 2.41. The Hall–Kier alpha value is -1.56. The van der Waals surface area contributed by atoms with Gasteiger partial charge in [0, 0.05) is 5.56 Å². The molecule has 19 heavy (non-hydrogen) atoms. The first-order chi connectivity index (χ1) is 9.17. The zero-order chi connectivity index (χ0) is 13.4. The van der Waals surface area contributed by atoms with Gasteiger partial charge in [0.05, 0.1) is 14.6 Å². The molecule has 0 bridgehead atoms. The number of nitrogens with one attached hydrogen (secondary N) is 1. The molecule has 0 aliphatic heterocycles. The fourth-order valence-electron chi connectivity index (χ4n) is 2.07. The molecular formula is C15H13IN2O. The highest BCUT2D eigenvalue weighted by Gasteiger charge is 2.07. The number of phenolic OH excluding ortho intramolecular Hbond substituents is 1. The number of rotatable bonds is 2. The first kappa shape index (κ1) is 12.5. The first-order valence-corrected chi connectivity index (χ1v) is 7.23. The molecule has 0 aliphatic carbocycles. The minimum Gasteiger partial charge on any atom is -0.507 e. The average molecular weight is 364 g/mol. The summed E-state index contributed by atoms with van der Waals surface area (Å²) in [4.78, 5) is 7.87. The maximum absolute atomic E-state index is 9.77. The van der Waals surface area contributed by atoms with Crippen LogP contribution >= 0.6 is 22.6 Å². The summed E-state index contributed by atoms with van der Waals surface area (Å²) in [7, 11) is 0. The molecule has 96 valence electrons. The number of phenols is 1. The Morgan fingerprint density at radius 1 is 1.21 bits per heavy atom. The van der Waals surface area contributed by atoms with Crippen LogP contribution in [0, 0.1) is 3.57 Å². The van der Waals surface area contributed by atoms with Crippen molar-refractivity contribution in [2.24, 2.45) is 0 Å². The van der Waals surface area contributed by atoms with E-state index in [1.807, 2.05) is 18.2 Å². The Balaban J connectivity index is 2.11. The van der Waals surface area contributed by atoms with Crippen LogP contribution in [0.15, 0.2) is 36.4 Å². The summed E-state index contributed by atoms with van der Waals surface area (Å²) in [6.07, 6.45) is 1.01. The van der Waals surface area contributed by atoms with Crippen LogP contribution in [-0.2, 0) is 6.42 Å². The van der Waals surface area contributed by atoms with Crippen molar-refractivity contribution in [3.63, 3.8) is 0 Å². The van der Waals surface area contributed by atoms with Gasteiger partial charge in [0.2, 0.25) is 0 Å². The summed E-state index contributed by atoms with van der Waals surface area (Å²) >= 11 is 2.10. The molecule has 0 saturated carbocycles. The largest absolute Gasteiger partial charge is 0.507 e. The molecule has 4 heteroatoms. The Morgan fingerprint density at radius 3 is 2.79 bits per heavy atom. The minimum atomic E-state index is 0.285. The third kappa shape index (κ3) is 2.32. The number of benzene rings is 2. The van der Waals surface area contributed by atoms with Crippen molar-refractivity contribution < 1.29 is 5.11 Å². The van der Waals surface area contributed by atoms with Gasteiger partial charge >= 0.3 is 0 Å². The summed E-state index contributed by atoms with van der Waals surface area (Å²) in [6, 6.07) is 11.8. The maximum Gasteiger partial charge on any atom is 0.138 e. The lowest BCUT2D eigenvalue weighted by Crippen LogP contribution is -1.81. The van der Waals surface area contributed by atoms with Gasteiger partial charge in [0.25, 0.3) is 0 Å². The Kier molecular flexibility index (Phi) is 3.18. The normalized spacial score (nSPS) is 11.1. The monoisotopic (exact) mass is 364 g/mol. The number of aromatic hydroxyl groups is 1. The molecule has 2 aromatic carbocycles. The van der Waals surface area contributed by atoms with E-state index in [-0.39, 0.29) is 5.75 Å². The Labute approximate surface area is 124 Å². The summed E-state index contributed by atoms with van der Waals surface area (Å²) in [5.41, 5.74) is 4.16. The van der Waals surface area contributed by atoms with Crippen molar-refractivity contribution in [1.29, 1.82) is 0 Å². The summed E-state index contributed by atoms with van der Waals surface area (Å²) in [5.74, 6) is 1.07. The van der Waals surface area contributed by atoms with Crippen LogP contribution in [0.3, 0.4) is 0 Å². The fraction of sp³-hybridized carbons (Fsp3) is 0.133. The van der Waals surface area contributed by atoms with Gasteiger partial charge in [-0.05, 0) is 64.9 Å². The van der Waals surface area contributed by atoms with Gasteiger partial charge < -0.3 is 10.1 Å². The number of imidazole rings is 1. The number of hydrogen-bond donors (Lipinski definition) is 2. The van der Waals surface area contributed by atoms with Crippen molar-refractivity contribution in [3.8, 4) is 17.1 Å². The molecule has 0 fully saturated rings. The van der Waals surface area contributed by atoms with Gasteiger partial charge in [0.1, 0.15) is 11.6 Å². The lowest BCUT2D eigenvalue weighted by molar-refractivity contribution is 0.471. The quantitative estimate of drug-likeness (QED) is 0.673. The minimum absolute atomic E-state index is 0.285. The van der Waals surface area contributed by atoms with Crippen molar-refractivity contribution in [2.45, 2.75) is 13.3 Å². The van der Waals surface area contributed by atoms with Crippen molar-refractivity contribution >= 4 is 33.6 Å². The molecule has 0 aliphatic rings. The van der Waals surface area contributed by atoms with Crippen LogP contribution < -0.4 is 0 Å². The van der Waals surface area contributed by atoms with Gasteiger partial charge in [0.15, 0.2) is 0 Å². The molecular weight excluding hydrogens is 351 g/mol. The lowest BCUT2D eigenvalue weighted by Gasteiger charge is -1.99. The predicted octanol–water partition coefficient (Wildman–Crippen LogP) is 4.10. The molecule has 0 atom stereocenters. The summed E-state index contributed by atoms with van der Waals surface area (Å²) in [6.45, 7) is 2.13. The second-order valence-corrected chi connectivity index (χ2v) is 5.62. The van der Waals surface area contributed by atoms with Crippen molar-refractivity contribution in [3.05, 3.63) is 45.5 Å². The Morgan fingerprint density at radius 2 is 2.05 bits per heavy atom. The molecule has 0 radical (unpaired) electrons. The van der Waals surface area contributed by atoms with E-state index in [1.165, 1.54) is 5.56 Å². The number of halogens is 1. The van der Waals surface area contributed by atoms with E-state index in [0.717, 1.165) is 32.4 Å². The average Bonchev–Trinajstić information content (AvgIpc) is 2.84. The molecule has 0 unspecified atom stereocenters. The zero-order valence-electron chi connectivity index (χ0n) is 10.4. The van der Waals surface area contributed by atoms with E-state index in [2.05, 4.69) is 51.6 Å². The molecule has 2 N–H and O–H groups in total. The summed E-state index contributed by atoms with van der Waals surface area (Å²) < 4.78 is 0.839. The number of aromatic nitrogens is 2. The molecule has 3 rings (SSSR count). The molecule has 1 heterocycles. The molecule has 3 aromatic rings. The number of aromatic amines is 1. The maximum atomic E-state index is 9.77. The van der Waals surface area contributed by atoms with Gasteiger partial charge in [-0.1, -0.05) is 13.0 Å². The molecule has 0 spiro atoms. The Bertz CT molecular complexity index is 749. The van der Waals surface area contributed by atoms with Gasteiger partial charge in [-0.2, -0.15) is 0 Å². The van der Waals surface area contributed by atoms with Crippen LogP contribution in [0.4, 0.5) is 0 Å². The number of aryl methyl sites for hydroxylation is 1. The lowest BCUT2D eigenvalue weighted by atomic mass is 10.1. The number of nitrogens with zero attached hydrogens (tertiary/aromatic N) is 1. The number of fused-ring (bicyclic) bond motifs is 1. The van der Waals surface area contributed by atoms with Crippen molar-refractivity contribution in [1.82, 2.24) is 9.97 Å². The van der Waals surface area contributed by atoms with E-state index in [9.17, 15) is 5.11 Å². The first-order valence-electron chi connectivity index (χ1n) is 6.15. The van der Waals surface area contributed by atoms with E-state index in [4.69, 9.17) is 0 Å². The summed E-state index contributed by atoms with van der Waals surface area (Å²) in [5, 5.41) is 9.77. The topological polar surface area (TPSA) is 48.9 Å². The van der Waals surface area contributed by atoms with Gasteiger partial charge in [-0.25, -0.2) is 4.98 Å². The number of H-pyrrole nitrogens is 1. The predicted molar refractivity (Wildman–Crippen MR) is 85.3 cm³/mol. The van der Waals surface area contributed by atoms with Crippen molar-refractivity contribution in [2.75, 3.05) is 0 Å². The van der Waals surface area contributed by atoms with Crippen LogP contribution in [0.5, 0.6) is 5.75 Å². The number of hydrogen-bond acceptors (Lipinski definition) is 2. The van der Waals surface area contributed by atoms with Gasteiger partial charge in [-0.3, -0.25) is 0 Å². The van der Waals surface area contributed by atoms with E-state index < -0.39 is 0 Å². The van der Waals surface area contributed by atoms with E-state index in [1.54, 1.807) is 6.07 Å². The van der Waals surface area contributed by atoms with E-state index >= 15 is 0 Å². The second kappa shape index (κ2) is 4.85. The van der Waals surface area contributed by atoms with E-state index in [0.29, 0.717) is 0 Å². The van der Waals surface area contributed by atoms with Crippen LogP contribution in [-0.4, -0.2) is 15.1 Å². The van der Waals surface area contributed by atoms with Crippen LogP contribution in [0.2, 0.25) is 0 Å². The van der Waals surface area contributed by atoms with Gasteiger partial charge in [-0.15, -0.1) is 0 Å². The zero-order valence-corrected chi connectivity index (χ0v) is 12.6. The highest BCUT2D eigenvalue weighted by atomic mass is 127. The highest BCUT2D eigenvalue weighted by Crippen LogP contribution is 2.27. The highest BCUT2D eigenvalue weighted by molar-refractivity contribution is 14.1. The molecule has 3 nitrogen and oxygen atoms in total. The standard InChI is InChI=1S/C15H13IN2O/c1-2-9-3-6-12-13(7-9)18-15(17-12)10-4-5-11(16)14(19)8-10/h3-8,19H,2H2,1H3,(H,17,18). The smallest absolute Gasteiger partial charge is 0.138 e. The molecule has 0 amide bonds. The second-order valence-electron chi connectivity index (χ2n) is 4.46.